The van der Waals surface area contributed by atoms with Crippen molar-refractivity contribution in [2.24, 2.45) is 0 Å². The Kier molecular flexibility index (Phi) is 6.27. The summed E-state index contributed by atoms with van der Waals surface area (Å²) in [5.41, 5.74) is 1.26. The first-order valence-corrected chi connectivity index (χ1v) is 9.88. The van der Waals surface area contributed by atoms with E-state index < -0.39 is 0 Å². The highest BCUT2D eigenvalue weighted by molar-refractivity contribution is 5.76. The van der Waals surface area contributed by atoms with Gasteiger partial charge in [-0.1, -0.05) is 6.07 Å². The number of hydrogen-bond donors (Lipinski definition) is 0. The predicted molar refractivity (Wildman–Crippen MR) is 107 cm³/mol. The van der Waals surface area contributed by atoms with E-state index in [4.69, 9.17) is 9.47 Å². The topological polar surface area (TPSA) is 45.3 Å². The smallest absolute Gasteiger partial charge is 0.222 e. The normalized spacial score (nSPS) is 24.9. The van der Waals surface area contributed by atoms with Crippen molar-refractivity contribution in [2.75, 3.05) is 60.5 Å². The summed E-state index contributed by atoms with van der Waals surface area (Å²) in [6, 6.07) is 6.02. The van der Waals surface area contributed by atoms with E-state index in [0.29, 0.717) is 13.0 Å². The highest BCUT2D eigenvalue weighted by atomic mass is 16.5. The number of likely N-dealkylation sites (tertiary alicyclic amines) is 1. The molecule has 150 valence electrons. The van der Waals surface area contributed by atoms with Crippen molar-refractivity contribution >= 4 is 5.91 Å². The lowest BCUT2D eigenvalue weighted by Gasteiger charge is -2.49. The summed E-state index contributed by atoms with van der Waals surface area (Å²) in [7, 11) is 5.81. The predicted octanol–water partition coefficient (Wildman–Crippen LogP) is 2.01. The van der Waals surface area contributed by atoms with E-state index in [1.165, 1.54) is 0 Å². The standard InChI is InChI=1S/C21H33N3O3/c1-17-5-6-18(19(15-17)26-4)27-14-13-24-12-11-23(3)21(16-24)8-7-20(25)22(2)10-9-21/h5-6,15H,7-14,16H2,1-4H3/t21-/m1/s1. The zero-order valence-corrected chi connectivity index (χ0v) is 17.2. The average Bonchev–Trinajstić information content (AvgIpc) is 2.80. The number of carbonyl (C=O) groups is 1. The summed E-state index contributed by atoms with van der Waals surface area (Å²) in [6.45, 7) is 7.48. The van der Waals surface area contributed by atoms with Crippen LogP contribution in [0.1, 0.15) is 24.8 Å². The highest BCUT2D eigenvalue weighted by Gasteiger charge is 2.41. The number of piperazine rings is 1. The molecule has 2 aliphatic rings. The summed E-state index contributed by atoms with van der Waals surface area (Å²) < 4.78 is 11.4. The van der Waals surface area contributed by atoms with Crippen LogP contribution in [0.3, 0.4) is 0 Å². The second-order valence-electron chi connectivity index (χ2n) is 7.99. The molecule has 2 aliphatic heterocycles. The third-order valence-corrected chi connectivity index (χ3v) is 6.21. The molecule has 2 fully saturated rings. The minimum absolute atomic E-state index is 0.0974. The second kappa shape index (κ2) is 8.48. The van der Waals surface area contributed by atoms with Crippen molar-refractivity contribution < 1.29 is 14.3 Å². The van der Waals surface area contributed by atoms with E-state index in [9.17, 15) is 4.79 Å². The largest absolute Gasteiger partial charge is 0.493 e. The molecule has 0 aromatic heterocycles. The quantitative estimate of drug-likeness (QED) is 0.788. The number of amides is 1. The fraction of sp³-hybridized carbons (Fsp3) is 0.667. The van der Waals surface area contributed by atoms with Crippen LogP contribution in [0.15, 0.2) is 18.2 Å². The van der Waals surface area contributed by atoms with Crippen molar-refractivity contribution in [3.05, 3.63) is 23.8 Å². The molecule has 0 unspecified atom stereocenters. The van der Waals surface area contributed by atoms with Gasteiger partial charge in [-0.2, -0.15) is 0 Å². The molecule has 6 heteroatoms. The van der Waals surface area contributed by atoms with Gasteiger partial charge in [0.05, 0.1) is 7.11 Å². The summed E-state index contributed by atoms with van der Waals surface area (Å²) in [5, 5.41) is 0. The van der Waals surface area contributed by atoms with Crippen LogP contribution in [0.25, 0.3) is 0 Å². The lowest BCUT2D eigenvalue weighted by Crippen LogP contribution is -2.61. The zero-order chi connectivity index (χ0) is 19.4. The molecular weight excluding hydrogens is 342 g/mol. The van der Waals surface area contributed by atoms with Gasteiger partial charge in [0.2, 0.25) is 5.91 Å². The van der Waals surface area contributed by atoms with Crippen LogP contribution < -0.4 is 9.47 Å². The van der Waals surface area contributed by atoms with Crippen LogP contribution in [-0.2, 0) is 4.79 Å². The number of hydrogen-bond acceptors (Lipinski definition) is 5. The van der Waals surface area contributed by atoms with E-state index in [0.717, 1.165) is 62.6 Å². The van der Waals surface area contributed by atoms with Gasteiger partial charge in [-0.15, -0.1) is 0 Å². The van der Waals surface area contributed by atoms with Gasteiger partial charge in [0.15, 0.2) is 11.5 Å². The van der Waals surface area contributed by atoms with E-state index in [2.05, 4.69) is 16.8 Å². The van der Waals surface area contributed by atoms with Gasteiger partial charge in [-0.3, -0.25) is 14.6 Å². The first-order chi connectivity index (χ1) is 12.9. The van der Waals surface area contributed by atoms with Gasteiger partial charge >= 0.3 is 0 Å². The van der Waals surface area contributed by atoms with Gasteiger partial charge in [0.25, 0.3) is 0 Å². The Morgan fingerprint density at radius 3 is 2.70 bits per heavy atom. The summed E-state index contributed by atoms with van der Waals surface area (Å²) in [6.07, 6.45) is 2.62. The lowest BCUT2D eigenvalue weighted by atomic mass is 9.86. The fourth-order valence-corrected chi connectivity index (χ4v) is 4.21. The maximum absolute atomic E-state index is 12.1. The Morgan fingerprint density at radius 1 is 1.11 bits per heavy atom. The number of methoxy groups -OCH3 is 1. The molecule has 2 saturated heterocycles. The van der Waals surface area contributed by atoms with Crippen molar-refractivity contribution in [1.82, 2.24) is 14.7 Å². The Morgan fingerprint density at radius 2 is 1.93 bits per heavy atom. The molecule has 0 radical (unpaired) electrons. The Labute approximate surface area is 163 Å². The van der Waals surface area contributed by atoms with Crippen LogP contribution in [0.4, 0.5) is 0 Å². The number of ether oxygens (including phenoxy) is 2. The summed E-state index contributed by atoms with van der Waals surface area (Å²) in [4.78, 5) is 18.9. The minimum Gasteiger partial charge on any atom is -0.493 e. The van der Waals surface area contributed by atoms with Crippen LogP contribution in [-0.4, -0.2) is 86.7 Å². The summed E-state index contributed by atoms with van der Waals surface area (Å²) in [5.74, 6) is 1.86. The average molecular weight is 376 g/mol. The van der Waals surface area contributed by atoms with Crippen LogP contribution in [0.2, 0.25) is 0 Å². The minimum atomic E-state index is 0.0974. The molecule has 0 aliphatic carbocycles. The second-order valence-corrected chi connectivity index (χ2v) is 7.99. The van der Waals surface area contributed by atoms with E-state index >= 15 is 0 Å². The fourth-order valence-electron chi connectivity index (χ4n) is 4.21. The van der Waals surface area contributed by atoms with Gasteiger partial charge in [0.1, 0.15) is 6.61 Å². The van der Waals surface area contributed by atoms with Crippen molar-refractivity contribution in [1.29, 1.82) is 0 Å². The molecule has 27 heavy (non-hydrogen) atoms. The maximum Gasteiger partial charge on any atom is 0.222 e. The number of rotatable bonds is 5. The lowest BCUT2D eigenvalue weighted by molar-refractivity contribution is -0.129. The Balaban J connectivity index is 1.58. The van der Waals surface area contributed by atoms with E-state index in [1.54, 1.807) is 7.11 Å². The van der Waals surface area contributed by atoms with E-state index in [-0.39, 0.29) is 11.4 Å². The van der Waals surface area contributed by atoms with Crippen molar-refractivity contribution in [2.45, 2.75) is 31.7 Å². The third kappa shape index (κ3) is 4.55. The molecule has 6 nitrogen and oxygen atoms in total. The first-order valence-electron chi connectivity index (χ1n) is 9.88. The molecule has 1 atom stereocenters. The molecule has 0 N–H and O–H groups in total. The number of aryl methyl sites for hydroxylation is 1. The van der Waals surface area contributed by atoms with Gasteiger partial charge < -0.3 is 14.4 Å². The Bertz CT molecular complexity index is 666. The zero-order valence-electron chi connectivity index (χ0n) is 17.2. The molecule has 2 heterocycles. The van der Waals surface area contributed by atoms with E-state index in [1.807, 2.05) is 37.1 Å². The first kappa shape index (κ1) is 20.0. The summed E-state index contributed by atoms with van der Waals surface area (Å²) >= 11 is 0. The maximum atomic E-state index is 12.1. The number of carbonyl (C=O) groups excluding carboxylic acids is 1. The number of nitrogens with zero attached hydrogens (tertiary/aromatic N) is 3. The molecule has 1 aromatic carbocycles. The SMILES string of the molecule is COc1cc(C)ccc1OCCN1CCN(C)[C@@]2(CCC(=O)N(C)CC2)C1. The van der Waals surface area contributed by atoms with Gasteiger partial charge in [0, 0.05) is 51.7 Å². The molecule has 1 spiro atoms. The number of benzene rings is 1. The molecule has 0 bridgehead atoms. The molecule has 3 rings (SSSR count). The van der Waals surface area contributed by atoms with Gasteiger partial charge in [-0.05, 0) is 44.5 Å². The van der Waals surface area contributed by atoms with Gasteiger partial charge in [-0.25, -0.2) is 0 Å². The third-order valence-electron chi connectivity index (χ3n) is 6.21. The molecular formula is C21H33N3O3. The number of likely N-dealkylation sites (N-methyl/N-ethyl adjacent to an activating group) is 1. The molecule has 1 aromatic rings. The molecule has 1 amide bonds. The van der Waals surface area contributed by atoms with Crippen LogP contribution in [0.5, 0.6) is 11.5 Å². The Hall–Kier alpha value is -1.79. The highest BCUT2D eigenvalue weighted by Crippen LogP contribution is 2.32. The van der Waals surface area contributed by atoms with Crippen LogP contribution in [0, 0.1) is 6.92 Å². The van der Waals surface area contributed by atoms with Crippen molar-refractivity contribution in [3.63, 3.8) is 0 Å². The van der Waals surface area contributed by atoms with Crippen molar-refractivity contribution in [3.8, 4) is 11.5 Å². The van der Waals surface area contributed by atoms with Crippen LogP contribution >= 0.6 is 0 Å². The molecule has 0 saturated carbocycles. The monoisotopic (exact) mass is 375 g/mol.